The molecule has 8 heteroatoms. The Labute approximate surface area is 173 Å². The van der Waals surface area contributed by atoms with Crippen molar-refractivity contribution in [1.82, 2.24) is 4.57 Å². The maximum atomic E-state index is 14.3. The van der Waals surface area contributed by atoms with Gasteiger partial charge in [-0.05, 0) is 48.2 Å². The van der Waals surface area contributed by atoms with Crippen LogP contribution < -0.4 is 0 Å². The van der Waals surface area contributed by atoms with Crippen LogP contribution in [0, 0.1) is 5.82 Å². The van der Waals surface area contributed by atoms with Gasteiger partial charge in [-0.25, -0.2) is 12.8 Å². The topological polar surface area (TPSA) is 65.4 Å². The van der Waals surface area contributed by atoms with Gasteiger partial charge < -0.3 is 9.30 Å². The van der Waals surface area contributed by atoms with Crippen molar-refractivity contribution in [3.05, 3.63) is 64.1 Å². The predicted molar refractivity (Wildman–Crippen MR) is 108 cm³/mol. The Kier molecular flexibility index (Phi) is 4.91. The molecule has 0 aliphatic heterocycles. The number of aromatic nitrogens is 1. The highest BCUT2D eigenvalue weighted by molar-refractivity contribution is 7.91. The maximum absolute atomic E-state index is 14.3. The zero-order chi connectivity index (χ0) is 20.9. The molecule has 5 nitrogen and oxygen atoms in total. The van der Waals surface area contributed by atoms with Crippen LogP contribution in [0.5, 0.6) is 0 Å². The van der Waals surface area contributed by atoms with Gasteiger partial charge in [0.05, 0.1) is 16.1 Å². The van der Waals surface area contributed by atoms with Gasteiger partial charge in [-0.3, -0.25) is 4.79 Å². The molecule has 2 aromatic carbocycles. The Balaban J connectivity index is 2.02. The molecule has 1 heterocycles. The molecule has 0 spiro atoms. The number of hydrogen-bond acceptors (Lipinski definition) is 4. The van der Waals surface area contributed by atoms with Gasteiger partial charge in [0, 0.05) is 30.1 Å². The molecule has 0 fully saturated rings. The van der Waals surface area contributed by atoms with E-state index in [4.69, 9.17) is 16.3 Å². The lowest BCUT2D eigenvalue weighted by Crippen LogP contribution is -2.13. The third kappa shape index (κ3) is 3.65. The van der Waals surface area contributed by atoms with E-state index >= 15 is 0 Å². The second-order valence-electron chi connectivity index (χ2n) is 7.29. The minimum Gasteiger partial charge on any atom is -0.456 e. The zero-order valence-electron chi connectivity index (χ0n) is 15.9. The third-order valence-corrected chi connectivity index (χ3v) is 6.52. The second kappa shape index (κ2) is 7.15. The van der Waals surface area contributed by atoms with Crippen molar-refractivity contribution in [2.24, 2.45) is 0 Å². The average molecular weight is 436 g/mol. The van der Waals surface area contributed by atoms with E-state index in [1.165, 1.54) is 13.0 Å². The van der Waals surface area contributed by atoms with Gasteiger partial charge in [-0.1, -0.05) is 23.7 Å². The van der Waals surface area contributed by atoms with Gasteiger partial charge in [0.1, 0.15) is 11.9 Å². The van der Waals surface area contributed by atoms with Crippen molar-refractivity contribution in [3.63, 3.8) is 0 Å². The highest BCUT2D eigenvalue weighted by atomic mass is 35.5. The van der Waals surface area contributed by atoms with Crippen LogP contribution in [0.1, 0.15) is 36.3 Å². The quantitative estimate of drug-likeness (QED) is 0.568. The van der Waals surface area contributed by atoms with E-state index in [0.29, 0.717) is 35.3 Å². The van der Waals surface area contributed by atoms with Gasteiger partial charge >= 0.3 is 5.97 Å². The van der Waals surface area contributed by atoms with Crippen molar-refractivity contribution in [2.45, 2.75) is 37.3 Å². The first-order valence-corrected chi connectivity index (χ1v) is 11.4. The van der Waals surface area contributed by atoms with Crippen molar-refractivity contribution in [1.29, 1.82) is 0 Å². The predicted octanol–water partition coefficient (Wildman–Crippen LogP) is 4.44. The summed E-state index contributed by atoms with van der Waals surface area (Å²) in [5, 5.41) is 1.14. The lowest BCUT2D eigenvalue weighted by molar-refractivity contribution is -0.146. The molecule has 0 saturated carbocycles. The summed E-state index contributed by atoms with van der Waals surface area (Å²) in [6.45, 7) is 1.68. The summed E-state index contributed by atoms with van der Waals surface area (Å²) in [6.07, 6.45) is 1.71. The van der Waals surface area contributed by atoms with Crippen LogP contribution in [0.25, 0.3) is 10.9 Å². The molecule has 0 radical (unpaired) electrons. The van der Waals surface area contributed by atoms with Crippen molar-refractivity contribution < 1.29 is 22.3 Å². The Bertz CT molecular complexity index is 1230. The van der Waals surface area contributed by atoms with Crippen molar-refractivity contribution in [2.75, 3.05) is 6.26 Å². The highest BCUT2D eigenvalue weighted by Crippen LogP contribution is 2.43. The first kappa shape index (κ1) is 19.9. The van der Waals surface area contributed by atoms with Crippen molar-refractivity contribution in [3.8, 4) is 0 Å². The molecule has 1 aromatic heterocycles. The smallest absolute Gasteiger partial charge is 0.303 e. The molecule has 0 saturated heterocycles. The van der Waals surface area contributed by atoms with E-state index in [1.807, 2.05) is 16.7 Å². The van der Waals surface area contributed by atoms with Crippen LogP contribution in [0.4, 0.5) is 4.39 Å². The molecule has 0 amide bonds. The van der Waals surface area contributed by atoms with Gasteiger partial charge in [0.15, 0.2) is 9.84 Å². The summed E-state index contributed by atoms with van der Waals surface area (Å²) in [7, 11) is -3.69. The lowest BCUT2D eigenvalue weighted by atomic mass is 10.1. The fraction of sp³-hybridized carbons (Fsp3) is 0.286. The third-order valence-electron chi connectivity index (χ3n) is 5.16. The van der Waals surface area contributed by atoms with Crippen LogP contribution in [-0.2, 0) is 32.3 Å². The summed E-state index contributed by atoms with van der Waals surface area (Å²) in [6, 6.07) is 9.61. The summed E-state index contributed by atoms with van der Waals surface area (Å²) < 4.78 is 46.5. The number of rotatable bonds is 4. The standard InChI is InChI=1S/C21H19ClFNO4S/c1-12(25)28-18-8-7-16-17-9-15(23)10-19(29(2,26)27)21(17)24(20(16)18)11-13-3-5-14(22)6-4-13/h3-6,9-10,18H,7-8,11H2,1-2H3/t18-/m1/s1. The number of carbonyl (C=O) groups excluding carboxylic acids is 1. The molecular formula is C21H19ClFNO4S. The Morgan fingerprint density at radius 1 is 1.28 bits per heavy atom. The number of benzene rings is 2. The number of halogens is 2. The second-order valence-corrected chi connectivity index (χ2v) is 9.71. The molecular weight excluding hydrogens is 417 g/mol. The summed E-state index contributed by atoms with van der Waals surface area (Å²) in [5.41, 5.74) is 2.88. The molecule has 0 bridgehead atoms. The lowest BCUT2D eigenvalue weighted by Gasteiger charge is -2.18. The van der Waals surface area contributed by atoms with Crippen LogP contribution in [-0.4, -0.2) is 25.2 Å². The monoisotopic (exact) mass is 435 g/mol. The largest absolute Gasteiger partial charge is 0.456 e. The minimum atomic E-state index is -3.69. The fourth-order valence-corrected chi connectivity index (χ4v) is 5.11. The minimum absolute atomic E-state index is 0.0718. The van der Waals surface area contributed by atoms with Crippen LogP contribution in [0.15, 0.2) is 41.3 Å². The molecule has 1 atom stereocenters. The molecule has 1 aliphatic carbocycles. The van der Waals surface area contributed by atoms with Crippen molar-refractivity contribution >= 4 is 38.3 Å². The molecule has 152 valence electrons. The summed E-state index contributed by atoms with van der Waals surface area (Å²) in [5.74, 6) is -1.03. The van der Waals surface area contributed by atoms with E-state index in [0.717, 1.165) is 29.1 Å². The number of aryl methyl sites for hydroxylation is 1. The number of fused-ring (bicyclic) bond motifs is 3. The number of sulfone groups is 1. The SMILES string of the molecule is CC(=O)O[C@@H]1CCc2c1n(Cc1ccc(Cl)cc1)c1c(S(C)(=O)=O)cc(F)cc21. The van der Waals surface area contributed by atoms with E-state index < -0.39 is 27.7 Å². The number of esters is 1. The average Bonchev–Trinajstić information content (AvgIpc) is 3.15. The van der Waals surface area contributed by atoms with Crippen LogP contribution in [0.2, 0.25) is 5.02 Å². The Hall–Kier alpha value is -2.38. The highest BCUT2D eigenvalue weighted by Gasteiger charge is 2.34. The molecule has 0 N–H and O–H groups in total. The number of carbonyl (C=O) groups is 1. The molecule has 29 heavy (non-hydrogen) atoms. The Morgan fingerprint density at radius 2 is 1.97 bits per heavy atom. The Morgan fingerprint density at radius 3 is 2.59 bits per heavy atom. The summed E-state index contributed by atoms with van der Waals surface area (Å²) >= 11 is 5.98. The number of nitrogens with zero attached hydrogens (tertiary/aromatic N) is 1. The van der Waals surface area contributed by atoms with Crippen LogP contribution >= 0.6 is 11.6 Å². The number of ether oxygens (including phenoxy) is 1. The first-order valence-electron chi connectivity index (χ1n) is 9.11. The summed E-state index contributed by atoms with van der Waals surface area (Å²) in [4.78, 5) is 11.5. The van der Waals surface area contributed by atoms with E-state index in [9.17, 15) is 17.6 Å². The zero-order valence-corrected chi connectivity index (χ0v) is 17.5. The normalized spacial score (nSPS) is 16.2. The first-order chi connectivity index (χ1) is 13.6. The molecule has 4 rings (SSSR count). The van der Waals surface area contributed by atoms with E-state index in [-0.39, 0.29) is 4.90 Å². The van der Waals surface area contributed by atoms with Gasteiger partial charge in [-0.2, -0.15) is 0 Å². The van der Waals surface area contributed by atoms with Gasteiger partial charge in [-0.15, -0.1) is 0 Å². The molecule has 3 aromatic rings. The maximum Gasteiger partial charge on any atom is 0.303 e. The van der Waals surface area contributed by atoms with E-state index in [1.54, 1.807) is 12.1 Å². The molecule has 0 unspecified atom stereocenters. The number of hydrogen-bond donors (Lipinski definition) is 0. The van der Waals surface area contributed by atoms with Gasteiger partial charge in [0.2, 0.25) is 0 Å². The van der Waals surface area contributed by atoms with Gasteiger partial charge in [0.25, 0.3) is 0 Å². The van der Waals surface area contributed by atoms with E-state index in [2.05, 4.69) is 0 Å². The fourth-order valence-electron chi connectivity index (χ4n) is 4.08. The molecule has 1 aliphatic rings. The van der Waals surface area contributed by atoms with Crippen LogP contribution in [0.3, 0.4) is 0 Å².